The van der Waals surface area contributed by atoms with Crippen LogP contribution in [-0.2, 0) is 28.6 Å². The highest BCUT2D eigenvalue weighted by Gasteiger charge is 2.19. The molecule has 0 aliphatic heterocycles. The zero-order chi connectivity index (χ0) is 50.0. The van der Waals surface area contributed by atoms with Gasteiger partial charge in [0.15, 0.2) is 6.10 Å². The van der Waals surface area contributed by atoms with Crippen LogP contribution in [0.2, 0.25) is 0 Å². The van der Waals surface area contributed by atoms with E-state index >= 15 is 0 Å². The molecule has 0 aliphatic rings. The zero-order valence-electron chi connectivity index (χ0n) is 44.8. The molecule has 0 unspecified atom stereocenters. The zero-order valence-corrected chi connectivity index (χ0v) is 44.8. The molecule has 392 valence electrons. The maximum atomic E-state index is 12.9. The van der Waals surface area contributed by atoms with Gasteiger partial charge in [-0.3, -0.25) is 14.4 Å². The van der Waals surface area contributed by atoms with Crippen molar-refractivity contribution in [3.63, 3.8) is 0 Å². The molecule has 0 heterocycles. The molecular formula is C63H104O6. The molecule has 0 bridgehead atoms. The van der Waals surface area contributed by atoms with E-state index in [0.29, 0.717) is 19.3 Å². The number of hydrogen-bond acceptors (Lipinski definition) is 6. The van der Waals surface area contributed by atoms with Crippen molar-refractivity contribution < 1.29 is 28.6 Å². The molecule has 0 fully saturated rings. The highest BCUT2D eigenvalue weighted by molar-refractivity contribution is 5.71. The fourth-order valence-electron chi connectivity index (χ4n) is 7.54. The third kappa shape index (κ3) is 54.9. The van der Waals surface area contributed by atoms with E-state index in [1.165, 1.54) is 77.0 Å². The molecule has 0 amide bonds. The van der Waals surface area contributed by atoms with Crippen molar-refractivity contribution in [2.75, 3.05) is 13.2 Å². The fraction of sp³-hybridized carbons (Fsp3) is 0.667. The van der Waals surface area contributed by atoms with Crippen molar-refractivity contribution in [1.82, 2.24) is 0 Å². The summed E-state index contributed by atoms with van der Waals surface area (Å²) in [7, 11) is 0. The summed E-state index contributed by atoms with van der Waals surface area (Å²) in [4.78, 5) is 38.2. The van der Waals surface area contributed by atoms with Crippen molar-refractivity contribution in [1.29, 1.82) is 0 Å². The van der Waals surface area contributed by atoms with Gasteiger partial charge in [-0.1, -0.05) is 220 Å². The summed E-state index contributed by atoms with van der Waals surface area (Å²) in [5.41, 5.74) is 0. The number of ether oxygens (including phenoxy) is 3. The van der Waals surface area contributed by atoms with E-state index in [4.69, 9.17) is 14.2 Å². The molecule has 0 aromatic heterocycles. The van der Waals surface area contributed by atoms with Gasteiger partial charge in [0.05, 0.1) is 0 Å². The van der Waals surface area contributed by atoms with Crippen molar-refractivity contribution >= 4 is 17.9 Å². The Morgan fingerprint density at radius 3 is 0.913 bits per heavy atom. The number of carbonyl (C=O) groups is 3. The van der Waals surface area contributed by atoms with Gasteiger partial charge in [-0.05, 0) is 122 Å². The Labute approximate surface area is 425 Å². The molecule has 0 saturated heterocycles. The lowest BCUT2D eigenvalue weighted by molar-refractivity contribution is -0.167. The number of carbonyl (C=O) groups excluding carboxylic acids is 3. The van der Waals surface area contributed by atoms with Gasteiger partial charge in [0, 0.05) is 19.3 Å². The normalized spacial score (nSPS) is 12.9. The van der Waals surface area contributed by atoms with Crippen molar-refractivity contribution in [3.8, 4) is 0 Å². The largest absolute Gasteiger partial charge is 0.462 e. The minimum Gasteiger partial charge on any atom is -0.462 e. The lowest BCUT2D eigenvalue weighted by Gasteiger charge is -2.18. The first kappa shape index (κ1) is 65.1. The Kier molecular flexibility index (Phi) is 53.4. The summed E-state index contributed by atoms with van der Waals surface area (Å²) in [6.45, 7) is 6.36. The number of esters is 3. The van der Waals surface area contributed by atoms with Crippen molar-refractivity contribution in [2.45, 2.75) is 258 Å². The maximum Gasteiger partial charge on any atom is 0.306 e. The van der Waals surface area contributed by atoms with Crippen LogP contribution in [0.4, 0.5) is 0 Å². The van der Waals surface area contributed by atoms with Crippen LogP contribution < -0.4 is 0 Å². The second-order valence-corrected chi connectivity index (χ2v) is 18.4. The van der Waals surface area contributed by atoms with Gasteiger partial charge in [0.25, 0.3) is 0 Å². The first-order valence-corrected chi connectivity index (χ1v) is 28.4. The molecule has 0 aromatic carbocycles. The summed E-state index contributed by atoms with van der Waals surface area (Å²) >= 11 is 0. The van der Waals surface area contributed by atoms with Gasteiger partial charge in [-0.2, -0.15) is 0 Å². The average Bonchev–Trinajstić information content (AvgIpc) is 3.35. The first-order valence-electron chi connectivity index (χ1n) is 28.4. The molecule has 6 nitrogen and oxygen atoms in total. The third-order valence-corrected chi connectivity index (χ3v) is 11.7. The van der Waals surface area contributed by atoms with E-state index in [-0.39, 0.29) is 31.1 Å². The number of unbranched alkanes of at least 4 members (excludes halogenated alkanes) is 21. The van der Waals surface area contributed by atoms with Gasteiger partial charge in [-0.15, -0.1) is 0 Å². The van der Waals surface area contributed by atoms with E-state index in [9.17, 15) is 14.4 Å². The molecule has 0 spiro atoms. The average molecular weight is 958 g/mol. The van der Waals surface area contributed by atoms with Crippen LogP contribution in [0.15, 0.2) is 109 Å². The van der Waals surface area contributed by atoms with E-state index in [1.54, 1.807) is 0 Å². The molecule has 0 N–H and O–H groups in total. The van der Waals surface area contributed by atoms with Gasteiger partial charge in [-0.25, -0.2) is 0 Å². The molecule has 0 radical (unpaired) electrons. The second kappa shape index (κ2) is 56.7. The van der Waals surface area contributed by atoms with E-state index in [1.807, 2.05) is 0 Å². The van der Waals surface area contributed by atoms with Gasteiger partial charge >= 0.3 is 17.9 Å². The molecule has 69 heavy (non-hydrogen) atoms. The van der Waals surface area contributed by atoms with Crippen LogP contribution in [0.25, 0.3) is 0 Å². The van der Waals surface area contributed by atoms with Gasteiger partial charge in [0.2, 0.25) is 0 Å². The van der Waals surface area contributed by atoms with E-state index < -0.39 is 6.10 Å². The lowest BCUT2D eigenvalue weighted by atomic mass is 10.1. The van der Waals surface area contributed by atoms with E-state index in [2.05, 4.69) is 130 Å². The first-order chi connectivity index (χ1) is 34.0. The summed E-state index contributed by atoms with van der Waals surface area (Å²) in [6.07, 6.45) is 76.4. The standard InChI is InChI=1S/C63H104O6/c1-4-7-10-13-16-19-22-25-28-30-31-33-35-38-41-44-47-50-53-56-62(65)68-59-60(58-67-61(64)55-52-49-46-43-40-37-34-27-24-21-18-15-12-9-6-3)69-63(66)57-54-51-48-45-42-39-36-32-29-26-23-20-17-14-11-8-5-2/h7,9-10,12,16,18-19,21,25-29,31,33-34,38,41,60H,4-6,8,11,13-15,17,20,22-24,30,32,35-37,39-40,42-59H2,1-3H3/b10-7-,12-9-,19-16-,21-18-,28-25-,29-26-,33-31-,34-27-,41-38-/t60-/m0/s1. The Morgan fingerprint density at radius 2 is 0.565 bits per heavy atom. The fourth-order valence-corrected chi connectivity index (χ4v) is 7.54. The summed E-state index contributed by atoms with van der Waals surface area (Å²) in [5.74, 6) is -0.953. The SMILES string of the molecule is CC/C=C\C/C=C\C/C=C\C/C=C\C/C=C\CCCCCC(=O)OC[C@H](COC(=O)CCCCCCC/C=C\C/C=C\C/C=C\CC)OC(=O)CCCCCCCCC/C=C\CCCCCCCC. The molecule has 0 rings (SSSR count). The van der Waals surface area contributed by atoms with Gasteiger partial charge < -0.3 is 14.2 Å². The summed E-state index contributed by atoms with van der Waals surface area (Å²) < 4.78 is 16.8. The van der Waals surface area contributed by atoms with Gasteiger partial charge in [0.1, 0.15) is 13.2 Å². The van der Waals surface area contributed by atoms with Crippen LogP contribution in [0, 0.1) is 0 Å². The van der Waals surface area contributed by atoms with Crippen LogP contribution in [-0.4, -0.2) is 37.2 Å². The third-order valence-electron chi connectivity index (χ3n) is 11.7. The highest BCUT2D eigenvalue weighted by atomic mass is 16.6. The summed E-state index contributed by atoms with van der Waals surface area (Å²) in [6, 6.07) is 0. The smallest absolute Gasteiger partial charge is 0.306 e. The van der Waals surface area contributed by atoms with Crippen molar-refractivity contribution in [3.05, 3.63) is 109 Å². The minimum absolute atomic E-state index is 0.101. The van der Waals surface area contributed by atoms with Crippen LogP contribution in [0.1, 0.15) is 252 Å². The Balaban J connectivity index is 4.49. The minimum atomic E-state index is -0.804. The number of hydrogen-bond donors (Lipinski definition) is 0. The molecular weight excluding hydrogens is 853 g/mol. The maximum absolute atomic E-state index is 12.9. The van der Waals surface area contributed by atoms with Crippen LogP contribution in [0.3, 0.4) is 0 Å². The van der Waals surface area contributed by atoms with Crippen LogP contribution in [0.5, 0.6) is 0 Å². The molecule has 1 atom stereocenters. The predicted octanol–water partition coefficient (Wildman–Crippen LogP) is 19.1. The molecule has 0 aromatic rings. The molecule has 0 aliphatic carbocycles. The van der Waals surface area contributed by atoms with Crippen molar-refractivity contribution in [2.24, 2.45) is 0 Å². The molecule has 0 saturated carbocycles. The Hall–Kier alpha value is -3.93. The topological polar surface area (TPSA) is 78.9 Å². The van der Waals surface area contributed by atoms with Crippen LogP contribution >= 0.6 is 0 Å². The van der Waals surface area contributed by atoms with E-state index in [0.717, 1.165) is 135 Å². The Morgan fingerprint density at radius 1 is 0.304 bits per heavy atom. The number of allylic oxidation sites excluding steroid dienone is 18. The second-order valence-electron chi connectivity index (χ2n) is 18.4. The predicted molar refractivity (Wildman–Crippen MR) is 297 cm³/mol. The molecule has 6 heteroatoms. The highest BCUT2D eigenvalue weighted by Crippen LogP contribution is 2.14. The summed E-state index contributed by atoms with van der Waals surface area (Å²) in [5, 5.41) is 0. The quantitative estimate of drug-likeness (QED) is 0.0262. The number of rotatable bonds is 50. The lowest BCUT2D eigenvalue weighted by Crippen LogP contribution is -2.30. The monoisotopic (exact) mass is 957 g/mol. The Bertz CT molecular complexity index is 1420.